The molecule has 0 saturated carbocycles. The second-order valence-electron chi connectivity index (χ2n) is 3.59. The lowest BCUT2D eigenvalue weighted by molar-refractivity contribution is 0.185. The number of anilines is 1. The third-order valence-electron chi connectivity index (χ3n) is 2.13. The van der Waals surface area contributed by atoms with E-state index in [0.717, 1.165) is 24.1 Å². The van der Waals surface area contributed by atoms with Crippen LogP contribution in [0.2, 0.25) is 0 Å². The van der Waals surface area contributed by atoms with Crippen LogP contribution in [0.5, 0.6) is 0 Å². The van der Waals surface area contributed by atoms with Crippen LogP contribution in [0.1, 0.15) is 24.5 Å². The van der Waals surface area contributed by atoms with E-state index in [1.54, 1.807) is 6.92 Å². The average molecular weight is 179 g/mol. The fourth-order valence-electron chi connectivity index (χ4n) is 1.31. The highest BCUT2D eigenvalue weighted by molar-refractivity contribution is 5.48. The number of nitrogens with two attached hydrogens (primary N) is 1. The van der Waals surface area contributed by atoms with E-state index in [-0.39, 0.29) is 6.10 Å². The van der Waals surface area contributed by atoms with Gasteiger partial charge in [-0.25, -0.2) is 0 Å². The lowest BCUT2D eigenvalue weighted by Gasteiger charge is -2.07. The highest BCUT2D eigenvalue weighted by Gasteiger charge is 2.01. The van der Waals surface area contributed by atoms with Gasteiger partial charge in [0.1, 0.15) is 0 Å². The minimum absolute atomic E-state index is 0.249. The molecular formula is C11H17NO. The van der Waals surface area contributed by atoms with E-state index in [1.807, 2.05) is 25.1 Å². The van der Waals surface area contributed by atoms with Crippen LogP contribution in [0, 0.1) is 6.92 Å². The van der Waals surface area contributed by atoms with Crippen molar-refractivity contribution in [2.75, 3.05) is 5.73 Å². The molecule has 0 saturated heterocycles. The van der Waals surface area contributed by atoms with Crippen molar-refractivity contribution in [3.63, 3.8) is 0 Å². The van der Waals surface area contributed by atoms with Crippen LogP contribution in [0.4, 0.5) is 5.69 Å². The summed E-state index contributed by atoms with van der Waals surface area (Å²) in [6.45, 7) is 3.82. The maximum atomic E-state index is 9.12. The Balaban J connectivity index is 2.67. The van der Waals surface area contributed by atoms with Gasteiger partial charge in [-0.2, -0.15) is 0 Å². The molecule has 1 unspecified atom stereocenters. The molecule has 3 N–H and O–H groups in total. The first-order chi connectivity index (χ1) is 6.09. The Labute approximate surface area is 79.4 Å². The summed E-state index contributed by atoms with van der Waals surface area (Å²) in [4.78, 5) is 0. The molecule has 1 rings (SSSR count). The Morgan fingerprint density at radius 1 is 1.46 bits per heavy atom. The summed E-state index contributed by atoms with van der Waals surface area (Å²) >= 11 is 0. The van der Waals surface area contributed by atoms with Gasteiger partial charge < -0.3 is 10.8 Å². The zero-order chi connectivity index (χ0) is 9.84. The molecular weight excluding hydrogens is 162 g/mol. The Bertz CT molecular complexity index is 281. The molecule has 1 atom stereocenters. The molecule has 2 heteroatoms. The fourth-order valence-corrected chi connectivity index (χ4v) is 1.31. The number of hydrogen-bond acceptors (Lipinski definition) is 2. The van der Waals surface area contributed by atoms with E-state index < -0.39 is 0 Å². The molecule has 2 nitrogen and oxygen atoms in total. The monoisotopic (exact) mass is 179 g/mol. The second kappa shape index (κ2) is 4.28. The highest BCUT2D eigenvalue weighted by atomic mass is 16.3. The topological polar surface area (TPSA) is 46.2 Å². The van der Waals surface area contributed by atoms with Gasteiger partial charge in [0.2, 0.25) is 0 Å². The van der Waals surface area contributed by atoms with Gasteiger partial charge in [0.05, 0.1) is 6.10 Å². The molecule has 1 aromatic carbocycles. The van der Waals surface area contributed by atoms with Crippen molar-refractivity contribution in [2.45, 2.75) is 32.8 Å². The van der Waals surface area contributed by atoms with Crippen LogP contribution >= 0.6 is 0 Å². The molecule has 0 spiro atoms. The van der Waals surface area contributed by atoms with Gasteiger partial charge >= 0.3 is 0 Å². The third kappa shape index (κ3) is 3.07. The highest BCUT2D eigenvalue weighted by Crippen LogP contribution is 2.16. The molecule has 0 aromatic heterocycles. The molecule has 0 radical (unpaired) electrons. The zero-order valence-corrected chi connectivity index (χ0v) is 8.25. The van der Waals surface area contributed by atoms with Crippen LogP contribution < -0.4 is 5.73 Å². The first-order valence-electron chi connectivity index (χ1n) is 4.62. The standard InChI is InChI=1S/C11H17NO/c1-8-3-5-10(11(12)7-8)6-4-9(2)13/h3,5,7,9,13H,4,6,12H2,1-2H3. The predicted octanol–water partition coefficient (Wildman–Crippen LogP) is 1.89. The molecule has 0 bridgehead atoms. The summed E-state index contributed by atoms with van der Waals surface area (Å²) in [5.41, 5.74) is 8.97. The normalized spacial score (nSPS) is 12.8. The predicted molar refractivity (Wildman–Crippen MR) is 55.6 cm³/mol. The lowest BCUT2D eigenvalue weighted by Crippen LogP contribution is -2.03. The Kier molecular flexibility index (Phi) is 3.32. The number of aryl methyl sites for hydroxylation is 2. The van der Waals surface area contributed by atoms with Crippen molar-refractivity contribution < 1.29 is 5.11 Å². The largest absolute Gasteiger partial charge is 0.398 e. The van der Waals surface area contributed by atoms with Crippen molar-refractivity contribution in [2.24, 2.45) is 0 Å². The van der Waals surface area contributed by atoms with Crippen LogP contribution in [0.3, 0.4) is 0 Å². The molecule has 0 aliphatic rings. The molecule has 0 aliphatic carbocycles. The van der Waals surface area contributed by atoms with E-state index in [4.69, 9.17) is 10.8 Å². The number of benzene rings is 1. The summed E-state index contributed by atoms with van der Waals surface area (Å²) in [5.74, 6) is 0. The summed E-state index contributed by atoms with van der Waals surface area (Å²) in [7, 11) is 0. The SMILES string of the molecule is Cc1ccc(CCC(C)O)c(N)c1. The molecule has 13 heavy (non-hydrogen) atoms. The van der Waals surface area contributed by atoms with E-state index >= 15 is 0 Å². The third-order valence-corrected chi connectivity index (χ3v) is 2.13. The summed E-state index contributed by atoms with van der Waals surface area (Å²) in [5, 5.41) is 9.12. The van der Waals surface area contributed by atoms with Crippen LogP contribution in [-0.2, 0) is 6.42 Å². The second-order valence-corrected chi connectivity index (χ2v) is 3.59. The van der Waals surface area contributed by atoms with Gasteiger partial charge in [-0.3, -0.25) is 0 Å². The fraction of sp³-hybridized carbons (Fsp3) is 0.455. The van der Waals surface area contributed by atoms with Crippen LogP contribution in [-0.4, -0.2) is 11.2 Å². The van der Waals surface area contributed by atoms with Crippen molar-refractivity contribution >= 4 is 5.69 Å². The molecule has 1 aromatic rings. The molecule has 0 aliphatic heterocycles. The maximum Gasteiger partial charge on any atom is 0.0515 e. The molecule has 0 heterocycles. The Hall–Kier alpha value is -1.02. The van der Waals surface area contributed by atoms with E-state index in [2.05, 4.69) is 0 Å². The van der Waals surface area contributed by atoms with Gasteiger partial charge in [0, 0.05) is 5.69 Å². The Morgan fingerprint density at radius 2 is 2.15 bits per heavy atom. The van der Waals surface area contributed by atoms with Crippen molar-refractivity contribution in [3.05, 3.63) is 29.3 Å². The van der Waals surface area contributed by atoms with E-state index in [1.165, 1.54) is 5.56 Å². The van der Waals surface area contributed by atoms with E-state index in [0.29, 0.717) is 0 Å². The van der Waals surface area contributed by atoms with Gasteiger partial charge in [-0.05, 0) is 43.9 Å². The minimum Gasteiger partial charge on any atom is -0.398 e. The number of nitrogen functional groups attached to an aromatic ring is 1. The number of hydrogen-bond donors (Lipinski definition) is 2. The summed E-state index contributed by atoms with van der Waals surface area (Å²) < 4.78 is 0. The zero-order valence-electron chi connectivity index (χ0n) is 8.25. The van der Waals surface area contributed by atoms with Gasteiger partial charge in [-0.1, -0.05) is 12.1 Å². The van der Waals surface area contributed by atoms with Crippen molar-refractivity contribution in [1.29, 1.82) is 0 Å². The first-order valence-corrected chi connectivity index (χ1v) is 4.62. The van der Waals surface area contributed by atoms with Crippen LogP contribution in [0.25, 0.3) is 0 Å². The maximum absolute atomic E-state index is 9.12. The van der Waals surface area contributed by atoms with Crippen LogP contribution in [0.15, 0.2) is 18.2 Å². The quantitative estimate of drug-likeness (QED) is 0.696. The smallest absolute Gasteiger partial charge is 0.0515 e. The molecule has 0 amide bonds. The first kappa shape index (κ1) is 10.1. The minimum atomic E-state index is -0.249. The number of aliphatic hydroxyl groups is 1. The number of rotatable bonds is 3. The molecule has 0 fully saturated rings. The van der Waals surface area contributed by atoms with E-state index in [9.17, 15) is 0 Å². The summed E-state index contributed by atoms with van der Waals surface area (Å²) in [6, 6.07) is 6.05. The average Bonchev–Trinajstić information content (AvgIpc) is 2.02. The lowest BCUT2D eigenvalue weighted by atomic mass is 10.0. The van der Waals surface area contributed by atoms with Gasteiger partial charge in [0.25, 0.3) is 0 Å². The molecule has 72 valence electrons. The number of aliphatic hydroxyl groups excluding tert-OH is 1. The van der Waals surface area contributed by atoms with Gasteiger partial charge in [0.15, 0.2) is 0 Å². The van der Waals surface area contributed by atoms with Crippen molar-refractivity contribution in [3.8, 4) is 0 Å². The van der Waals surface area contributed by atoms with Crippen molar-refractivity contribution in [1.82, 2.24) is 0 Å². The van der Waals surface area contributed by atoms with Gasteiger partial charge in [-0.15, -0.1) is 0 Å². The summed E-state index contributed by atoms with van der Waals surface area (Å²) in [6.07, 6.45) is 1.37. The Morgan fingerprint density at radius 3 is 2.69 bits per heavy atom.